The number of hydrogen-bond acceptors (Lipinski definition) is 0. The van der Waals surface area contributed by atoms with E-state index in [-0.39, 0.29) is 40.9 Å². The SMILES string of the molecule is [C].[Fe].[O].[Si]. The first-order valence-corrected chi connectivity index (χ1v) is 0. The maximum atomic E-state index is 0. The fourth-order valence-corrected chi connectivity index (χ4v) is 0. The van der Waals surface area contributed by atoms with Gasteiger partial charge in [-0.15, -0.1) is 0 Å². The van der Waals surface area contributed by atoms with E-state index < -0.39 is 0 Å². The Morgan fingerprint density at radius 1 is 1.00 bits per heavy atom. The second kappa shape index (κ2) is 55.4. The van der Waals surface area contributed by atoms with Gasteiger partial charge < -0.3 is 0 Å². The van der Waals surface area contributed by atoms with Crippen LogP contribution >= 0.6 is 0 Å². The molecule has 22 valence electrons. The minimum atomic E-state index is 0. The third kappa shape index (κ3) is 16.0. The Bertz CT molecular complexity index is 8.00. The molecule has 0 aromatic carbocycles. The zero-order valence-corrected chi connectivity index (χ0v) is 3.87. The smallest absolute Gasteiger partial charge is 0 e. The van der Waals surface area contributed by atoms with Crippen LogP contribution in [0.15, 0.2) is 0 Å². The Balaban J connectivity index is 0. The molecule has 0 aliphatic rings. The Kier molecular flexibility index (Phi) is 1830. The van der Waals surface area contributed by atoms with Crippen LogP contribution in [0.5, 0.6) is 0 Å². The normalized spacial score (nSPS) is 0. The maximum absolute atomic E-state index is 0. The minimum absolute atomic E-state index is 0. The number of hydrogen-bond donors (Lipinski definition) is 0. The molecule has 0 unspecified atom stereocenters. The van der Waals surface area contributed by atoms with Crippen LogP contribution in [0.2, 0.25) is 0 Å². The van der Waals surface area contributed by atoms with Crippen LogP contribution in [0, 0.1) is 7.43 Å². The van der Waals surface area contributed by atoms with Crippen molar-refractivity contribution in [3.63, 3.8) is 0 Å². The van der Waals surface area contributed by atoms with Gasteiger partial charge >= 0.3 is 0 Å². The zero-order valence-electron chi connectivity index (χ0n) is 1.76. The summed E-state index contributed by atoms with van der Waals surface area (Å²) in [5.41, 5.74) is 0. The summed E-state index contributed by atoms with van der Waals surface area (Å²) in [5, 5.41) is 0. The molecule has 0 aliphatic heterocycles. The van der Waals surface area contributed by atoms with Crippen molar-refractivity contribution in [2.75, 3.05) is 0 Å². The van der Waals surface area contributed by atoms with Crippen molar-refractivity contribution in [2.24, 2.45) is 0 Å². The average Bonchev–Trinajstić information content (AvgIpc) is 0. The summed E-state index contributed by atoms with van der Waals surface area (Å²) in [5.74, 6) is 0. The van der Waals surface area contributed by atoms with Crippen molar-refractivity contribution < 1.29 is 22.5 Å². The van der Waals surface area contributed by atoms with Crippen molar-refractivity contribution in [1.29, 1.82) is 0 Å². The van der Waals surface area contributed by atoms with Crippen LogP contribution in [0.3, 0.4) is 0 Å². The van der Waals surface area contributed by atoms with Gasteiger partial charge in [-0.25, -0.2) is 0 Å². The van der Waals surface area contributed by atoms with Crippen LogP contribution in [0.4, 0.5) is 0 Å². The fraction of sp³-hybridized carbons (Fsp3) is 0. The Hall–Kier alpha value is 0.696. The molecule has 1 nitrogen and oxygen atoms in total. The second-order valence-corrected chi connectivity index (χ2v) is 0. The van der Waals surface area contributed by atoms with E-state index in [2.05, 4.69) is 0 Å². The van der Waals surface area contributed by atoms with Gasteiger partial charge in [-0.2, -0.15) is 0 Å². The predicted molar refractivity (Wildman–Crippen MR) is 9.68 cm³/mol. The molecular weight excluding hydrogens is 112 g/mol. The largest absolute Gasteiger partial charge is 0 e. The van der Waals surface area contributed by atoms with Crippen molar-refractivity contribution in [3.05, 3.63) is 7.43 Å². The molecule has 0 heterocycles. The van der Waals surface area contributed by atoms with Gasteiger partial charge in [0, 0.05) is 40.9 Å². The molecule has 0 aliphatic carbocycles. The first-order valence-electron chi connectivity index (χ1n) is 0. The van der Waals surface area contributed by atoms with E-state index in [0.29, 0.717) is 0 Å². The molecule has 0 fully saturated rings. The molecule has 0 aromatic heterocycles. The van der Waals surface area contributed by atoms with Crippen LogP contribution < -0.4 is 0 Å². The van der Waals surface area contributed by atoms with Crippen LogP contribution in [-0.2, 0) is 22.5 Å². The van der Waals surface area contributed by atoms with Gasteiger partial charge in [0.25, 0.3) is 0 Å². The van der Waals surface area contributed by atoms with Crippen LogP contribution in [-0.4, -0.2) is 11.0 Å². The summed E-state index contributed by atoms with van der Waals surface area (Å²) in [7, 11) is 0. The monoisotopic (exact) mass is 112 g/mol. The molecule has 0 amide bonds. The van der Waals surface area contributed by atoms with Gasteiger partial charge in [0.05, 0.1) is 0 Å². The molecule has 0 aromatic rings. The molecule has 0 bridgehead atoms. The second-order valence-electron chi connectivity index (χ2n) is 0. The molecule has 4 heavy (non-hydrogen) atoms. The van der Waals surface area contributed by atoms with E-state index in [1.807, 2.05) is 0 Å². The average molecular weight is 112 g/mol. The summed E-state index contributed by atoms with van der Waals surface area (Å²) >= 11 is 0. The van der Waals surface area contributed by atoms with Crippen LogP contribution in [0.25, 0.3) is 0 Å². The van der Waals surface area contributed by atoms with Crippen molar-refractivity contribution in [3.8, 4) is 0 Å². The standard InChI is InChI=1S/C.Fe.O.Si. The van der Waals surface area contributed by atoms with Crippen molar-refractivity contribution in [1.82, 2.24) is 0 Å². The van der Waals surface area contributed by atoms with Gasteiger partial charge in [-0.05, 0) is 0 Å². The van der Waals surface area contributed by atoms with Gasteiger partial charge in [-0.3, -0.25) is 0 Å². The summed E-state index contributed by atoms with van der Waals surface area (Å²) in [4.78, 5) is 0. The number of rotatable bonds is 0. The summed E-state index contributed by atoms with van der Waals surface area (Å²) in [6, 6.07) is 0. The van der Waals surface area contributed by atoms with Crippen LogP contribution in [0.1, 0.15) is 0 Å². The van der Waals surface area contributed by atoms with E-state index in [4.69, 9.17) is 0 Å². The molecule has 10 radical (unpaired) electrons. The quantitative estimate of drug-likeness (QED) is 0.381. The van der Waals surface area contributed by atoms with E-state index >= 15 is 0 Å². The van der Waals surface area contributed by atoms with Gasteiger partial charge in [0.15, 0.2) is 0 Å². The van der Waals surface area contributed by atoms with Gasteiger partial charge in [-0.1, -0.05) is 0 Å². The first-order chi connectivity index (χ1) is 0. The molecule has 0 N–H and O–H groups in total. The first kappa shape index (κ1) is 132. The molecule has 0 spiro atoms. The third-order valence-electron chi connectivity index (χ3n) is 0. The third-order valence-corrected chi connectivity index (χ3v) is 0. The minimum Gasteiger partial charge on any atom is 0 e. The van der Waals surface area contributed by atoms with Crippen molar-refractivity contribution in [2.45, 2.75) is 0 Å². The van der Waals surface area contributed by atoms with Gasteiger partial charge in [0.1, 0.15) is 0 Å². The van der Waals surface area contributed by atoms with E-state index in [9.17, 15) is 0 Å². The topological polar surface area (TPSA) is 28.5 Å². The molecular formula is CFeOSi. The molecule has 0 rings (SSSR count). The molecule has 0 saturated carbocycles. The summed E-state index contributed by atoms with van der Waals surface area (Å²) in [6.07, 6.45) is 0. The fourth-order valence-electron chi connectivity index (χ4n) is 0. The van der Waals surface area contributed by atoms with E-state index in [1.54, 1.807) is 0 Å². The Labute approximate surface area is 41.6 Å². The Morgan fingerprint density at radius 3 is 1.00 bits per heavy atom. The van der Waals surface area contributed by atoms with E-state index in [0.717, 1.165) is 0 Å². The maximum Gasteiger partial charge on any atom is 0 e. The Morgan fingerprint density at radius 2 is 1.00 bits per heavy atom. The molecule has 3 heteroatoms. The molecule has 0 saturated heterocycles. The van der Waals surface area contributed by atoms with E-state index in [1.165, 1.54) is 0 Å². The summed E-state index contributed by atoms with van der Waals surface area (Å²) < 4.78 is 0. The summed E-state index contributed by atoms with van der Waals surface area (Å²) in [6.45, 7) is 0. The zero-order chi connectivity index (χ0) is 0. The molecule has 0 atom stereocenters. The van der Waals surface area contributed by atoms with Gasteiger partial charge in [0.2, 0.25) is 0 Å². The van der Waals surface area contributed by atoms with Crippen molar-refractivity contribution >= 4 is 11.0 Å². The predicted octanol–water partition coefficient (Wildman–Crippen LogP) is -0.421.